The normalized spacial score (nSPS) is 13.2. The second-order valence-electron chi connectivity index (χ2n) is 8.06. The molecular formula is C22H27N3O4S2. The van der Waals surface area contributed by atoms with E-state index in [4.69, 9.17) is 9.29 Å². The first-order valence-electron chi connectivity index (χ1n) is 9.82. The third kappa shape index (κ3) is 7.71. The van der Waals surface area contributed by atoms with Crippen molar-refractivity contribution in [2.45, 2.75) is 38.8 Å². The monoisotopic (exact) mass is 461 g/mol. The van der Waals surface area contributed by atoms with Crippen LogP contribution in [0.1, 0.15) is 37.4 Å². The molecule has 0 amide bonds. The highest BCUT2D eigenvalue weighted by molar-refractivity contribution is 7.87. The fourth-order valence-electron chi connectivity index (χ4n) is 2.88. The lowest BCUT2D eigenvalue weighted by atomic mass is 10.1. The van der Waals surface area contributed by atoms with Crippen molar-refractivity contribution in [3.63, 3.8) is 0 Å². The Morgan fingerprint density at radius 2 is 1.77 bits per heavy atom. The van der Waals surface area contributed by atoms with Crippen molar-refractivity contribution in [1.82, 2.24) is 10.3 Å². The highest BCUT2D eigenvalue weighted by Crippen LogP contribution is 2.30. The lowest BCUT2D eigenvalue weighted by Crippen LogP contribution is -2.31. The minimum absolute atomic E-state index is 0.0785. The second-order valence-corrected chi connectivity index (χ2v) is 10.3. The van der Waals surface area contributed by atoms with Gasteiger partial charge in [0.15, 0.2) is 0 Å². The Hall–Kier alpha value is -2.30. The Morgan fingerprint density at radius 1 is 1.10 bits per heavy atom. The molecule has 1 atom stereocenters. The lowest BCUT2D eigenvalue weighted by Gasteiger charge is -2.23. The Labute approximate surface area is 187 Å². The molecule has 0 radical (unpaired) electrons. The van der Waals surface area contributed by atoms with E-state index in [1.165, 1.54) is 0 Å². The Kier molecular flexibility index (Phi) is 7.45. The number of ether oxygens (including phenoxy) is 1. The van der Waals surface area contributed by atoms with Gasteiger partial charge in [-0.3, -0.25) is 14.6 Å². The first kappa shape index (κ1) is 23.4. The van der Waals surface area contributed by atoms with Gasteiger partial charge in [-0.2, -0.15) is 8.42 Å². The fraction of sp³-hybridized carbons (Fsp3) is 0.318. The first-order chi connectivity index (χ1) is 14.6. The molecule has 9 heteroatoms. The number of hydrogen-bond acceptors (Lipinski definition) is 6. The molecule has 7 nitrogen and oxygen atoms in total. The van der Waals surface area contributed by atoms with Crippen LogP contribution in [-0.4, -0.2) is 30.3 Å². The number of rotatable bonds is 9. The molecule has 3 N–H and O–H groups in total. The van der Waals surface area contributed by atoms with Crippen LogP contribution in [0.4, 0.5) is 5.69 Å². The molecule has 0 spiro atoms. The molecule has 166 valence electrons. The predicted molar refractivity (Wildman–Crippen MR) is 124 cm³/mol. The van der Waals surface area contributed by atoms with Crippen molar-refractivity contribution in [3.05, 3.63) is 71.4 Å². The van der Waals surface area contributed by atoms with Crippen LogP contribution in [0.2, 0.25) is 0 Å². The predicted octanol–water partition coefficient (Wildman–Crippen LogP) is 4.67. The number of anilines is 1. The van der Waals surface area contributed by atoms with Crippen molar-refractivity contribution < 1.29 is 17.7 Å². The molecule has 31 heavy (non-hydrogen) atoms. The van der Waals surface area contributed by atoms with Crippen LogP contribution < -0.4 is 10.0 Å². The topological polar surface area (TPSA) is 101 Å². The van der Waals surface area contributed by atoms with Crippen molar-refractivity contribution in [3.8, 4) is 10.4 Å². The summed E-state index contributed by atoms with van der Waals surface area (Å²) in [5, 5.41) is 4.37. The van der Waals surface area contributed by atoms with Crippen LogP contribution >= 0.6 is 11.3 Å². The van der Waals surface area contributed by atoms with Crippen LogP contribution in [-0.2, 0) is 21.5 Å². The molecule has 1 aromatic heterocycles. The molecule has 0 bridgehead atoms. The van der Waals surface area contributed by atoms with Gasteiger partial charge in [0.1, 0.15) is 5.01 Å². The van der Waals surface area contributed by atoms with Crippen molar-refractivity contribution in [2.75, 3.05) is 11.5 Å². The van der Waals surface area contributed by atoms with Gasteiger partial charge in [-0.1, -0.05) is 42.5 Å². The number of nitrogens with zero attached hydrogens (tertiary/aromatic N) is 1. The average molecular weight is 462 g/mol. The molecule has 2 aromatic carbocycles. The molecule has 0 fully saturated rings. The Morgan fingerprint density at radius 3 is 2.39 bits per heavy atom. The van der Waals surface area contributed by atoms with Gasteiger partial charge >= 0.3 is 10.3 Å². The van der Waals surface area contributed by atoms with Gasteiger partial charge in [-0.15, -0.1) is 11.3 Å². The van der Waals surface area contributed by atoms with Crippen LogP contribution in [0.3, 0.4) is 0 Å². The molecular weight excluding hydrogens is 434 g/mol. The summed E-state index contributed by atoms with van der Waals surface area (Å²) in [6, 6.07) is 16.9. The molecule has 0 saturated heterocycles. The smallest absolute Gasteiger partial charge is 0.357 e. The van der Waals surface area contributed by atoms with Crippen LogP contribution in [0, 0.1) is 0 Å². The summed E-state index contributed by atoms with van der Waals surface area (Å²) in [7, 11) is -4.29. The first-order valence-corrected chi connectivity index (χ1v) is 12.1. The second kappa shape index (κ2) is 9.88. The van der Waals surface area contributed by atoms with E-state index in [1.54, 1.807) is 23.5 Å². The molecule has 0 saturated carbocycles. The van der Waals surface area contributed by atoms with Gasteiger partial charge in [0.2, 0.25) is 0 Å². The van der Waals surface area contributed by atoms with Crippen molar-refractivity contribution in [1.29, 1.82) is 0 Å². The van der Waals surface area contributed by atoms with Crippen LogP contribution in [0.25, 0.3) is 10.4 Å². The van der Waals surface area contributed by atoms with Gasteiger partial charge in [0.05, 0.1) is 28.9 Å². The number of thiazole rings is 1. The summed E-state index contributed by atoms with van der Waals surface area (Å²) in [5.41, 5.74) is 2.15. The summed E-state index contributed by atoms with van der Waals surface area (Å²) in [4.78, 5) is 5.74. The summed E-state index contributed by atoms with van der Waals surface area (Å²) in [6.45, 7) is 6.38. The highest BCUT2D eigenvalue weighted by atomic mass is 32.2. The van der Waals surface area contributed by atoms with Gasteiger partial charge in [-0.05, 0) is 50.5 Å². The third-order valence-corrected chi connectivity index (χ3v) is 6.01. The molecule has 0 aliphatic rings. The number of benzene rings is 2. The standard InChI is InChI=1S/C22H27N3O4S2/c1-22(2,3)29-15-24-19(13-16-9-11-18(12-10-16)25-31(26,27)28)21-23-14-20(30-21)17-7-5-4-6-8-17/h4-12,14,19,24-25H,13,15H2,1-3H3,(H,26,27,28)/t19-/m0/s1. The fourth-order valence-corrected chi connectivity index (χ4v) is 4.32. The van der Waals surface area contributed by atoms with Gasteiger partial charge in [-0.25, -0.2) is 4.98 Å². The van der Waals surface area contributed by atoms with E-state index in [2.05, 4.69) is 22.4 Å². The van der Waals surface area contributed by atoms with E-state index in [-0.39, 0.29) is 11.6 Å². The van der Waals surface area contributed by atoms with Gasteiger partial charge in [0, 0.05) is 6.20 Å². The zero-order chi connectivity index (χ0) is 22.5. The lowest BCUT2D eigenvalue weighted by molar-refractivity contribution is -0.0173. The average Bonchev–Trinajstić information content (AvgIpc) is 3.17. The Balaban J connectivity index is 1.77. The third-order valence-electron chi connectivity index (χ3n) is 4.36. The summed E-state index contributed by atoms with van der Waals surface area (Å²) in [6.07, 6.45) is 2.52. The summed E-state index contributed by atoms with van der Waals surface area (Å²) in [5.74, 6) is 0. The summed E-state index contributed by atoms with van der Waals surface area (Å²) < 4.78 is 38.8. The molecule has 3 rings (SSSR count). The SMILES string of the molecule is CC(C)(C)OCN[C@@H](Cc1ccc(NS(=O)(=O)O)cc1)c1ncc(-c2ccccc2)s1. The molecule has 0 aliphatic carbocycles. The maximum atomic E-state index is 11.0. The van der Waals surface area contributed by atoms with Crippen LogP contribution in [0.15, 0.2) is 60.8 Å². The minimum atomic E-state index is -4.29. The molecule has 3 aromatic rings. The minimum Gasteiger partial charge on any atom is -0.361 e. The van der Waals surface area contributed by atoms with E-state index in [1.807, 2.05) is 62.0 Å². The van der Waals surface area contributed by atoms with E-state index in [0.29, 0.717) is 18.8 Å². The number of aromatic nitrogens is 1. The number of nitrogens with one attached hydrogen (secondary N) is 2. The zero-order valence-corrected chi connectivity index (χ0v) is 19.3. The maximum absolute atomic E-state index is 11.0. The van der Waals surface area contributed by atoms with Gasteiger partial charge in [0.25, 0.3) is 0 Å². The van der Waals surface area contributed by atoms with E-state index in [9.17, 15) is 8.42 Å². The Bertz CT molecular complexity index is 1080. The molecule has 0 unspecified atom stereocenters. The van der Waals surface area contributed by atoms with E-state index >= 15 is 0 Å². The highest BCUT2D eigenvalue weighted by Gasteiger charge is 2.19. The largest absolute Gasteiger partial charge is 0.361 e. The molecule has 1 heterocycles. The van der Waals surface area contributed by atoms with Gasteiger partial charge < -0.3 is 4.74 Å². The number of hydrogen-bond donors (Lipinski definition) is 3. The van der Waals surface area contributed by atoms with E-state index in [0.717, 1.165) is 21.0 Å². The quantitative estimate of drug-likeness (QED) is 0.316. The van der Waals surface area contributed by atoms with E-state index < -0.39 is 10.3 Å². The van der Waals surface area contributed by atoms with Crippen molar-refractivity contribution in [2.24, 2.45) is 0 Å². The summed E-state index contributed by atoms with van der Waals surface area (Å²) >= 11 is 1.63. The van der Waals surface area contributed by atoms with Crippen LogP contribution in [0.5, 0.6) is 0 Å². The maximum Gasteiger partial charge on any atom is 0.357 e. The van der Waals surface area contributed by atoms with Crippen molar-refractivity contribution >= 4 is 27.3 Å². The molecule has 0 aliphatic heterocycles. The zero-order valence-electron chi connectivity index (χ0n) is 17.7.